The number of likely N-dealkylation sites (tertiary alicyclic amines) is 1. The molecular formula is C21H28N2O3. The van der Waals surface area contributed by atoms with Crippen LogP contribution in [-0.2, 0) is 0 Å². The van der Waals surface area contributed by atoms with Gasteiger partial charge in [0.1, 0.15) is 11.5 Å². The minimum absolute atomic E-state index is 0.0524. The lowest BCUT2D eigenvalue weighted by Crippen LogP contribution is -2.45. The molecule has 1 aliphatic heterocycles. The molecule has 2 aromatic rings. The summed E-state index contributed by atoms with van der Waals surface area (Å²) in [6, 6.07) is 11.6. The number of aryl methyl sites for hydroxylation is 2. The van der Waals surface area contributed by atoms with E-state index in [0.717, 1.165) is 35.5 Å². The molecular weight excluding hydrogens is 328 g/mol. The Morgan fingerprint density at radius 2 is 1.88 bits per heavy atom. The Bertz CT molecular complexity index is 733. The van der Waals surface area contributed by atoms with Crippen molar-refractivity contribution in [2.24, 2.45) is 5.92 Å². The third kappa shape index (κ3) is 4.10. The summed E-state index contributed by atoms with van der Waals surface area (Å²) in [7, 11) is 0. The molecule has 1 aliphatic rings. The van der Waals surface area contributed by atoms with E-state index in [4.69, 9.17) is 4.42 Å². The van der Waals surface area contributed by atoms with Gasteiger partial charge in [-0.3, -0.25) is 0 Å². The van der Waals surface area contributed by atoms with Crippen molar-refractivity contribution in [2.75, 3.05) is 13.1 Å². The second-order valence-electron chi connectivity index (χ2n) is 7.22. The van der Waals surface area contributed by atoms with E-state index >= 15 is 0 Å². The Morgan fingerprint density at radius 3 is 2.46 bits per heavy atom. The molecule has 2 N–H and O–H groups in total. The number of furan rings is 1. The molecule has 2 amide bonds. The Hall–Kier alpha value is -2.27. The number of nitrogens with one attached hydrogen (secondary N) is 1. The number of hydrogen-bond acceptors (Lipinski definition) is 3. The van der Waals surface area contributed by atoms with E-state index in [1.54, 1.807) is 0 Å². The lowest BCUT2D eigenvalue weighted by Gasteiger charge is -2.35. The maximum Gasteiger partial charge on any atom is 0.317 e. The quantitative estimate of drug-likeness (QED) is 0.866. The zero-order valence-electron chi connectivity index (χ0n) is 15.7. The standard InChI is InChI=1S/C21H28N2O3/c1-14-13-19(16(3)26-14)15(2)22-21(25)23-11-9-18(10-12-23)20(24)17-7-5-4-6-8-17/h4-8,13,15,18,20,24H,9-12H2,1-3H3,(H,22,25)/t15-,20-/m1/s1. The van der Waals surface area contributed by atoms with Gasteiger partial charge in [0.05, 0.1) is 12.1 Å². The van der Waals surface area contributed by atoms with E-state index in [1.807, 2.05) is 62.1 Å². The largest absolute Gasteiger partial charge is 0.466 e. The summed E-state index contributed by atoms with van der Waals surface area (Å²) < 4.78 is 5.55. The second-order valence-corrected chi connectivity index (χ2v) is 7.22. The number of carbonyl (C=O) groups is 1. The third-order valence-electron chi connectivity index (χ3n) is 5.30. The van der Waals surface area contributed by atoms with E-state index in [0.29, 0.717) is 13.1 Å². The summed E-state index contributed by atoms with van der Waals surface area (Å²) in [5, 5.41) is 13.6. The summed E-state index contributed by atoms with van der Waals surface area (Å²) in [6.07, 6.45) is 1.15. The zero-order valence-corrected chi connectivity index (χ0v) is 15.7. The highest BCUT2D eigenvalue weighted by Gasteiger charge is 2.29. The van der Waals surface area contributed by atoms with Crippen molar-refractivity contribution in [2.45, 2.75) is 45.8 Å². The first-order chi connectivity index (χ1) is 12.5. The average Bonchev–Trinajstić information content (AvgIpc) is 3.00. The molecule has 2 atom stereocenters. The van der Waals surface area contributed by atoms with Gasteiger partial charge in [-0.15, -0.1) is 0 Å². The van der Waals surface area contributed by atoms with Crippen molar-refractivity contribution in [3.8, 4) is 0 Å². The molecule has 140 valence electrons. The van der Waals surface area contributed by atoms with Gasteiger partial charge in [-0.25, -0.2) is 4.79 Å². The van der Waals surface area contributed by atoms with Crippen LogP contribution in [0.1, 0.15) is 54.6 Å². The van der Waals surface area contributed by atoms with Gasteiger partial charge in [-0.2, -0.15) is 0 Å². The van der Waals surface area contributed by atoms with Crippen molar-refractivity contribution < 1.29 is 14.3 Å². The van der Waals surface area contributed by atoms with Gasteiger partial charge >= 0.3 is 6.03 Å². The van der Waals surface area contributed by atoms with Gasteiger partial charge in [-0.1, -0.05) is 30.3 Å². The summed E-state index contributed by atoms with van der Waals surface area (Å²) in [5.41, 5.74) is 1.97. The van der Waals surface area contributed by atoms with Crippen LogP contribution in [-0.4, -0.2) is 29.1 Å². The maximum absolute atomic E-state index is 12.6. The van der Waals surface area contributed by atoms with E-state index in [1.165, 1.54) is 0 Å². The molecule has 2 heterocycles. The maximum atomic E-state index is 12.6. The van der Waals surface area contributed by atoms with Crippen LogP contribution in [0.5, 0.6) is 0 Å². The normalized spacial score (nSPS) is 17.8. The zero-order chi connectivity index (χ0) is 18.7. The topological polar surface area (TPSA) is 65.7 Å². The van der Waals surface area contributed by atoms with Crippen molar-refractivity contribution in [1.29, 1.82) is 0 Å². The average molecular weight is 356 g/mol. The first kappa shape index (κ1) is 18.5. The summed E-state index contributed by atoms with van der Waals surface area (Å²) in [6.45, 7) is 7.13. The van der Waals surface area contributed by atoms with E-state index < -0.39 is 6.10 Å². The van der Waals surface area contributed by atoms with Crippen LogP contribution in [0.25, 0.3) is 0 Å². The highest BCUT2D eigenvalue weighted by atomic mass is 16.3. The van der Waals surface area contributed by atoms with Crippen molar-refractivity contribution in [3.05, 3.63) is 59.0 Å². The van der Waals surface area contributed by atoms with E-state index in [-0.39, 0.29) is 18.0 Å². The van der Waals surface area contributed by atoms with Crippen molar-refractivity contribution in [1.82, 2.24) is 10.2 Å². The molecule has 0 radical (unpaired) electrons. The summed E-state index contributed by atoms with van der Waals surface area (Å²) in [4.78, 5) is 14.4. The van der Waals surface area contributed by atoms with Crippen LogP contribution in [0, 0.1) is 19.8 Å². The second kappa shape index (κ2) is 7.96. The molecule has 0 aliphatic carbocycles. The number of nitrogens with zero attached hydrogens (tertiary/aromatic N) is 1. The number of benzene rings is 1. The Labute approximate surface area is 155 Å². The molecule has 0 saturated carbocycles. The minimum atomic E-state index is -0.461. The Morgan fingerprint density at radius 1 is 1.23 bits per heavy atom. The number of aliphatic hydroxyl groups is 1. The van der Waals surface area contributed by atoms with Gasteiger partial charge in [0.25, 0.3) is 0 Å². The van der Waals surface area contributed by atoms with Gasteiger partial charge in [0.2, 0.25) is 0 Å². The number of piperidine rings is 1. The number of hydrogen-bond donors (Lipinski definition) is 2. The fourth-order valence-corrected chi connectivity index (χ4v) is 3.78. The number of amides is 2. The summed E-state index contributed by atoms with van der Waals surface area (Å²) in [5.74, 6) is 1.90. The molecule has 0 bridgehead atoms. The van der Waals surface area contributed by atoms with Crippen LogP contribution in [0.4, 0.5) is 4.79 Å². The minimum Gasteiger partial charge on any atom is -0.466 e. The molecule has 1 aromatic heterocycles. The Balaban J connectivity index is 1.53. The van der Waals surface area contributed by atoms with Crippen LogP contribution in [0.3, 0.4) is 0 Å². The predicted molar refractivity (Wildman–Crippen MR) is 101 cm³/mol. The summed E-state index contributed by atoms with van der Waals surface area (Å²) >= 11 is 0. The molecule has 1 aromatic carbocycles. The Kier molecular flexibility index (Phi) is 5.67. The fraction of sp³-hybridized carbons (Fsp3) is 0.476. The van der Waals surface area contributed by atoms with E-state index in [9.17, 15) is 9.90 Å². The highest BCUT2D eigenvalue weighted by molar-refractivity contribution is 5.74. The molecule has 1 fully saturated rings. The highest BCUT2D eigenvalue weighted by Crippen LogP contribution is 2.30. The van der Waals surface area contributed by atoms with Crippen LogP contribution < -0.4 is 5.32 Å². The molecule has 0 unspecified atom stereocenters. The van der Waals surface area contributed by atoms with Gasteiger partial charge in [0.15, 0.2) is 0 Å². The first-order valence-corrected chi connectivity index (χ1v) is 9.31. The molecule has 3 rings (SSSR count). The number of carbonyl (C=O) groups excluding carboxylic acids is 1. The number of urea groups is 1. The SMILES string of the molecule is Cc1cc([C@@H](C)NC(=O)N2CCC([C@H](O)c3ccccc3)CC2)c(C)o1. The first-order valence-electron chi connectivity index (χ1n) is 9.31. The molecule has 5 nitrogen and oxygen atoms in total. The van der Waals surface area contributed by atoms with Crippen LogP contribution in [0.15, 0.2) is 40.8 Å². The van der Waals surface area contributed by atoms with Crippen molar-refractivity contribution >= 4 is 6.03 Å². The van der Waals surface area contributed by atoms with Gasteiger partial charge < -0.3 is 19.7 Å². The smallest absolute Gasteiger partial charge is 0.317 e. The van der Waals surface area contributed by atoms with Crippen LogP contribution >= 0.6 is 0 Å². The van der Waals surface area contributed by atoms with Crippen molar-refractivity contribution in [3.63, 3.8) is 0 Å². The van der Waals surface area contributed by atoms with E-state index in [2.05, 4.69) is 5.32 Å². The molecule has 5 heteroatoms. The molecule has 0 spiro atoms. The number of rotatable bonds is 4. The molecule has 26 heavy (non-hydrogen) atoms. The van der Waals surface area contributed by atoms with Gasteiger partial charge in [-0.05, 0) is 51.2 Å². The fourth-order valence-electron chi connectivity index (χ4n) is 3.78. The third-order valence-corrected chi connectivity index (χ3v) is 5.30. The predicted octanol–water partition coefficient (Wildman–Crippen LogP) is 4.11. The number of aliphatic hydroxyl groups excluding tert-OH is 1. The lowest BCUT2D eigenvalue weighted by molar-refractivity contribution is 0.0662. The van der Waals surface area contributed by atoms with Gasteiger partial charge in [0, 0.05) is 18.7 Å². The monoisotopic (exact) mass is 356 g/mol. The molecule has 1 saturated heterocycles. The lowest BCUT2D eigenvalue weighted by atomic mass is 9.87. The van der Waals surface area contributed by atoms with Crippen LogP contribution in [0.2, 0.25) is 0 Å².